The van der Waals surface area contributed by atoms with Gasteiger partial charge >= 0.3 is 0 Å². The van der Waals surface area contributed by atoms with Crippen LogP contribution in [0.4, 0.5) is 5.69 Å². The lowest BCUT2D eigenvalue weighted by molar-refractivity contribution is -0.120. The lowest BCUT2D eigenvalue weighted by Crippen LogP contribution is -2.32. The number of fused-ring (bicyclic) bond motifs is 4. The summed E-state index contributed by atoms with van der Waals surface area (Å²) < 4.78 is 2.24. The average molecular weight is 442 g/mol. The first kappa shape index (κ1) is 20.2. The largest absolute Gasteiger partial charge is 0.396 e. The maximum absolute atomic E-state index is 13.8. The second-order valence-corrected chi connectivity index (χ2v) is 9.39. The van der Waals surface area contributed by atoms with E-state index in [4.69, 9.17) is 0 Å². The van der Waals surface area contributed by atoms with Gasteiger partial charge in [0.25, 0.3) is 11.8 Å². The van der Waals surface area contributed by atoms with E-state index in [1.54, 1.807) is 0 Å². The predicted octanol–water partition coefficient (Wildman–Crippen LogP) is 3.47. The van der Waals surface area contributed by atoms with Crippen molar-refractivity contribution in [2.75, 3.05) is 18.6 Å². The number of rotatable bonds is 3. The Morgan fingerprint density at radius 2 is 1.97 bits per heavy atom. The van der Waals surface area contributed by atoms with E-state index in [2.05, 4.69) is 27.7 Å². The second-order valence-electron chi connectivity index (χ2n) is 9.39. The molecular weight excluding hydrogens is 414 g/mol. The van der Waals surface area contributed by atoms with E-state index in [0.29, 0.717) is 11.3 Å². The van der Waals surface area contributed by atoms with Gasteiger partial charge in [0.1, 0.15) is 0 Å². The molecule has 0 saturated carbocycles. The summed E-state index contributed by atoms with van der Waals surface area (Å²) in [5, 5.41) is 10.7. The molecule has 0 saturated heterocycles. The van der Waals surface area contributed by atoms with Crippen molar-refractivity contribution in [1.82, 2.24) is 9.47 Å². The molecule has 1 aliphatic carbocycles. The molecule has 4 aliphatic rings. The summed E-state index contributed by atoms with van der Waals surface area (Å²) in [6.45, 7) is 0.937. The highest BCUT2D eigenvalue weighted by atomic mass is 16.3. The van der Waals surface area contributed by atoms with Gasteiger partial charge in [0.15, 0.2) is 0 Å². The van der Waals surface area contributed by atoms with Gasteiger partial charge in [-0.25, -0.2) is 4.90 Å². The first-order valence-electron chi connectivity index (χ1n) is 11.7. The van der Waals surface area contributed by atoms with E-state index in [9.17, 15) is 14.7 Å². The number of hydrogen-bond donors (Lipinski definition) is 1. The summed E-state index contributed by atoms with van der Waals surface area (Å²) in [5.41, 5.74) is 5.19. The van der Waals surface area contributed by atoms with Crippen LogP contribution in [0.5, 0.6) is 0 Å². The van der Waals surface area contributed by atoms with Crippen LogP contribution >= 0.6 is 0 Å². The molecule has 3 aliphatic heterocycles. The Labute approximate surface area is 192 Å². The van der Waals surface area contributed by atoms with Gasteiger partial charge in [-0.05, 0) is 43.2 Å². The number of anilines is 1. The summed E-state index contributed by atoms with van der Waals surface area (Å²) in [6.07, 6.45) is 13.1. The average Bonchev–Trinajstić information content (AvgIpc) is 3.35. The van der Waals surface area contributed by atoms with Crippen molar-refractivity contribution in [2.45, 2.75) is 38.3 Å². The zero-order valence-electron chi connectivity index (χ0n) is 18.7. The molecule has 1 aromatic carbocycles. The lowest BCUT2D eigenvalue weighted by atomic mass is 9.91. The molecule has 0 bridgehead atoms. The van der Waals surface area contributed by atoms with Gasteiger partial charge in [-0.1, -0.05) is 36.4 Å². The number of aromatic nitrogens is 1. The van der Waals surface area contributed by atoms with Crippen LogP contribution in [0, 0.1) is 5.92 Å². The minimum atomic E-state index is -0.281. The zero-order chi connectivity index (χ0) is 22.7. The number of imide groups is 1. The number of carbonyl (C=O) groups excluding carboxylic acids is 2. The fourth-order valence-electron chi connectivity index (χ4n) is 5.82. The van der Waals surface area contributed by atoms with E-state index in [1.807, 2.05) is 37.5 Å². The number of hydrogen-bond acceptors (Lipinski definition) is 4. The van der Waals surface area contributed by atoms with Gasteiger partial charge in [0, 0.05) is 49.1 Å². The van der Waals surface area contributed by atoms with Crippen LogP contribution in [0.2, 0.25) is 0 Å². The molecule has 6 rings (SSSR count). The molecule has 33 heavy (non-hydrogen) atoms. The third-order valence-electron chi connectivity index (χ3n) is 7.56. The number of amides is 2. The smallest absolute Gasteiger partial charge is 0.266 e. The van der Waals surface area contributed by atoms with Crippen LogP contribution in [0.3, 0.4) is 0 Å². The number of nitrogens with zero attached hydrogens (tertiary/aromatic N) is 3. The fraction of sp³-hybridized carbons (Fsp3) is 0.333. The van der Waals surface area contributed by atoms with Crippen molar-refractivity contribution in [2.24, 2.45) is 5.92 Å². The first-order valence-corrected chi connectivity index (χ1v) is 11.7. The molecule has 4 heterocycles. The van der Waals surface area contributed by atoms with Crippen molar-refractivity contribution >= 4 is 28.4 Å². The van der Waals surface area contributed by atoms with Crippen molar-refractivity contribution in [3.8, 4) is 0 Å². The maximum Gasteiger partial charge on any atom is 0.266 e. The summed E-state index contributed by atoms with van der Waals surface area (Å²) in [4.78, 5) is 30.6. The summed E-state index contributed by atoms with van der Waals surface area (Å²) in [6, 6.07) is 8.22. The van der Waals surface area contributed by atoms with Crippen LogP contribution < -0.4 is 4.90 Å². The normalized spacial score (nSPS) is 24.6. The molecule has 0 fully saturated rings. The highest BCUT2D eigenvalue weighted by Crippen LogP contribution is 2.43. The molecule has 6 heteroatoms. The minimum absolute atomic E-state index is 0.164. The van der Waals surface area contributed by atoms with Gasteiger partial charge < -0.3 is 14.6 Å². The molecular formula is C27H27N3O3. The van der Waals surface area contributed by atoms with E-state index >= 15 is 0 Å². The number of carbonyl (C=O) groups is 2. The SMILES string of the molecule is CN1C=C(C2=CC(=O)N(c3c4n(c5ccccc35)CCC(CO)CC4)C2=O)C2=CC=CCC21. The molecule has 6 nitrogen and oxygen atoms in total. The second kappa shape index (κ2) is 7.59. The Hall–Kier alpha value is -3.38. The standard InChI is InChI=1S/C27H27N3O3/c1-28-15-21(18-6-2-4-8-22(18)28)20-14-25(32)30(27(20)33)26-19-7-3-5-9-23(19)29-13-12-17(16-31)10-11-24(26)29/h2-7,9,14-15,17,22,31H,8,10-13,16H2,1H3. The number of aryl methyl sites for hydroxylation is 1. The fourth-order valence-corrected chi connectivity index (χ4v) is 5.82. The van der Waals surface area contributed by atoms with E-state index < -0.39 is 0 Å². The van der Waals surface area contributed by atoms with Crippen molar-refractivity contribution in [1.29, 1.82) is 0 Å². The summed E-state index contributed by atoms with van der Waals surface area (Å²) in [5.74, 6) is -0.300. The van der Waals surface area contributed by atoms with Crippen LogP contribution in [-0.2, 0) is 22.6 Å². The van der Waals surface area contributed by atoms with Crippen LogP contribution in [0.15, 0.2) is 71.5 Å². The topological polar surface area (TPSA) is 65.8 Å². The predicted molar refractivity (Wildman–Crippen MR) is 128 cm³/mol. The minimum Gasteiger partial charge on any atom is -0.396 e. The van der Waals surface area contributed by atoms with Crippen molar-refractivity contribution < 1.29 is 14.7 Å². The van der Waals surface area contributed by atoms with Gasteiger partial charge in [0.2, 0.25) is 0 Å². The molecule has 2 aromatic rings. The summed E-state index contributed by atoms with van der Waals surface area (Å²) in [7, 11) is 2.02. The molecule has 0 radical (unpaired) electrons. The Bertz CT molecular complexity index is 1310. The van der Waals surface area contributed by atoms with Crippen LogP contribution in [-0.4, -0.2) is 46.1 Å². The van der Waals surface area contributed by atoms with Gasteiger partial charge in [-0.2, -0.15) is 0 Å². The quantitative estimate of drug-likeness (QED) is 0.741. The van der Waals surface area contributed by atoms with E-state index in [1.165, 1.54) is 11.0 Å². The Morgan fingerprint density at radius 3 is 2.82 bits per heavy atom. The third kappa shape index (κ3) is 2.97. The molecule has 2 unspecified atom stereocenters. The monoisotopic (exact) mass is 441 g/mol. The van der Waals surface area contributed by atoms with Gasteiger partial charge in [-0.3, -0.25) is 9.59 Å². The van der Waals surface area contributed by atoms with Crippen molar-refractivity contribution in [3.63, 3.8) is 0 Å². The maximum atomic E-state index is 13.8. The van der Waals surface area contributed by atoms with Gasteiger partial charge in [-0.15, -0.1) is 0 Å². The molecule has 2 atom stereocenters. The van der Waals surface area contributed by atoms with Crippen LogP contribution in [0.1, 0.15) is 25.0 Å². The highest BCUT2D eigenvalue weighted by molar-refractivity contribution is 6.34. The first-order chi connectivity index (χ1) is 16.1. The van der Waals surface area contributed by atoms with Gasteiger partial charge in [0.05, 0.1) is 22.8 Å². The zero-order valence-corrected chi connectivity index (χ0v) is 18.7. The number of allylic oxidation sites excluding steroid dienone is 2. The van der Waals surface area contributed by atoms with Crippen LogP contribution in [0.25, 0.3) is 10.9 Å². The number of benzene rings is 1. The number of para-hydroxylation sites is 1. The summed E-state index contributed by atoms with van der Waals surface area (Å²) >= 11 is 0. The Morgan fingerprint density at radius 1 is 1.12 bits per heavy atom. The highest BCUT2D eigenvalue weighted by Gasteiger charge is 2.41. The number of aliphatic hydroxyl groups excluding tert-OH is 1. The van der Waals surface area contributed by atoms with E-state index in [0.717, 1.165) is 60.0 Å². The molecule has 1 N–H and O–H groups in total. The Kier molecular flexibility index (Phi) is 4.66. The Balaban J connectivity index is 1.44. The molecule has 1 aromatic heterocycles. The molecule has 168 valence electrons. The third-order valence-corrected chi connectivity index (χ3v) is 7.56. The number of likely N-dealkylation sites (N-methyl/N-ethyl adjacent to an activating group) is 1. The molecule has 0 spiro atoms. The van der Waals surface area contributed by atoms with E-state index in [-0.39, 0.29) is 30.4 Å². The molecule has 2 amide bonds. The lowest BCUT2D eigenvalue weighted by Gasteiger charge is -2.23. The van der Waals surface area contributed by atoms with Crippen molar-refractivity contribution in [3.05, 3.63) is 77.2 Å². The number of aliphatic hydroxyl groups is 1.